The predicted molar refractivity (Wildman–Crippen MR) is 101 cm³/mol. The largest absolute Gasteiger partial charge is 0.489 e. The highest BCUT2D eigenvalue weighted by Crippen LogP contribution is 2.12. The van der Waals surface area contributed by atoms with Crippen LogP contribution in [0.3, 0.4) is 0 Å². The Kier molecular flexibility index (Phi) is 7.54. The van der Waals surface area contributed by atoms with Crippen molar-refractivity contribution in [1.29, 1.82) is 0 Å². The number of amides is 1. The molecular formula is C19H22F2N4O2. The first kappa shape index (κ1) is 20.2. The van der Waals surface area contributed by atoms with E-state index < -0.39 is 5.82 Å². The number of anilines is 1. The molecule has 0 heterocycles. The molecule has 0 bridgehead atoms. The van der Waals surface area contributed by atoms with Gasteiger partial charge in [-0.15, -0.1) is 0 Å². The third-order valence-corrected chi connectivity index (χ3v) is 3.46. The molecule has 1 atom stereocenters. The van der Waals surface area contributed by atoms with Gasteiger partial charge in [0.15, 0.2) is 5.96 Å². The fourth-order valence-electron chi connectivity index (χ4n) is 2.18. The Morgan fingerprint density at radius 3 is 2.52 bits per heavy atom. The van der Waals surface area contributed by atoms with Gasteiger partial charge < -0.3 is 20.7 Å². The van der Waals surface area contributed by atoms with Gasteiger partial charge in [-0.05, 0) is 49.4 Å². The Bertz CT molecular complexity index is 782. The van der Waals surface area contributed by atoms with E-state index in [4.69, 9.17) is 4.74 Å². The SMILES string of the molecule is CN=C(NCC(=O)Nc1cccc(F)c1)NCC(C)Oc1ccc(F)cc1. The van der Waals surface area contributed by atoms with Crippen LogP contribution in [-0.2, 0) is 4.79 Å². The molecule has 0 saturated carbocycles. The molecule has 1 amide bonds. The van der Waals surface area contributed by atoms with Gasteiger partial charge in [0, 0.05) is 12.7 Å². The fraction of sp³-hybridized carbons (Fsp3) is 0.263. The second kappa shape index (κ2) is 10.1. The zero-order chi connectivity index (χ0) is 19.6. The number of rotatable bonds is 7. The van der Waals surface area contributed by atoms with Crippen molar-refractivity contribution in [2.24, 2.45) is 4.99 Å². The maximum Gasteiger partial charge on any atom is 0.243 e. The minimum Gasteiger partial charge on any atom is -0.489 e. The Balaban J connectivity index is 1.73. The lowest BCUT2D eigenvalue weighted by Crippen LogP contribution is -2.44. The minimum absolute atomic E-state index is 0.0383. The molecule has 8 heteroatoms. The maximum atomic E-state index is 13.1. The van der Waals surface area contributed by atoms with E-state index in [-0.39, 0.29) is 24.4 Å². The zero-order valence-corrected chi connectivity index (χ0v) is 15.1. The van der Waals surface area contributed by atoms with Crippen LogP contribution >= 0.6 is 0 Å². The molecule has 0 aliphatic carbocycles. The van der Waals surface area contributed by atoms with Crippen molar-refractivity contribution in [1.82, 2.24) is 10.6 Å². The van der Waals surface area contributed by atoms with E-state index >= 15 is 0 Å². The van der Waals surface area contributed by atoms with Gasteiger partial charge in [-0.1, -0.05) is 6.07 Å². The van der Waals surface area contributed by atoms with Gasteiger partial charge in [-0.25, -0.2) is 8.78 Å². The van der Waals surface area contributed by atoms with Crippen LogP contribution in [-0.4, -0.2) is 38.1 Å². The summed E-state index contributed by atoms with van der Waals surface area (Å²) in [6.07, 6.45) is -0.213. The molecule has 0 radical (unpaired) electrons. The number of aliphatic imine (C=N–C) groups is 1. The number of nitrogens with one attached hydrogen (secondary N) is 3. The molecule has 0 aliphatic rings. The molecule has 144 valence electrons. The van der Waals surface area contributed by atoms with Crippen LogP contribution in [0.5, 0.6) is 5.75 Å². The number of benzene rings is 2. The lowest BCUT2D eigenvalue weighted by molar-refractivity contribution is -0.115. The van der Waals surface area contributed by atoms with Crippen molar-refractivity contribution in [3.63, 3.8) is 0 Å². The highest BCUT2D eigenvalue weighted by atomic mass is 19.1. The van der Waals surface area contributed by atoms with E-state index in [0.29, 0.717) is 23.9 Å². The van der Waals surface area contributed by atoms with Crippen LogP contribution < -0.4 is 20.7 Å². The van der Waals surface area contributed by atoms with Crippen molar-refractivity contribution in [2.75, 3.05) is 25.5 Å². The lowest BCUT2D eigenvalue weighted by Gasteiger charge is -2.17. The molecule has 0 aromatic heterocycles. The van der Waals surface area contributed by atoms with Crippen LogP contribution in [0.1, 0.15) is 6.92 Å². The van der Waals surface area contributed by atoms with Crippen molar-refractivity contribution < 1.29 is 18.3 Å². The number of ether oxygens (including phenoxy) is 1. The topological polar surface area (TPSA) is 74.8 Å². The summed E-state index contributed by atoms with van der Waals surface area (Å²) in [5.74, 6) is -0.108. The number of hydrogen-bond donors (Lipinski definition) is 3. The smallest absolute Gasteiger partial charge is 0.243 e. The molecule has 0 aliphatic heterocycles. The van der Waals surface area contributed by atoms with E-state index in [1.165, 1.54) is 30.3 Å². The third kappa shape index (κ3) is 7.31. The second-order valence-corrected chi connectivity index (χ2v) is 5.75. The number of hydrogen-bond acceptors (Lipinski definition) is 3. The van der Waals surface area contributed by atoms with Crippen molar-refractivity contribution in [2.45, 2.75) is 13.0 Å². The molecule has 2 aromatic carbocycles. The van der Waals surface area contributed by atoms with Crippen LogP contribution in [0.25, 0.3) is 0 Å². The predicted octanol–water partition coefficient (Wildman–Crippen LogP) is 2.54. The molecule has 6 nitrogen and oxygen atoms in total. The first-order chi connectivity index (χ1) is 13.0. The molecule has 3 N–H and O–H groups in total. The normalized spacial score (nSPS) is 12.2. The molecule has 1 unspecified atom stereocenters. The van der Waals surface area contributed by atoms with Gasteiger partial charge >= 0.3 is 0 Å². The van der Waals surface area contributed by atoms with Gasteiger partial charge in [0.05, 0.1) is 13.1 Å². The van der Waals surface area contributed by atoms with E-state index in [9.17, 15) is 13.6 Å². The standard InChI is InChI=1S/C19H22F2N4O2/c1-13(27-17-8-6-14(20)7-9-17)11-23-19(22-2)24-12-18(26)25-16-5-3-4-15(21)10-16/h3-10,13H,11-12H2,1-2H3,(H,25,26)(H2,22,23,24). The Morgan fingerprint density at radius 2 is 1.85 bits per heavy atom. The lowest BCUT2D eigenvalue weighted by atomic mass is 10.3. The summed E-state index contributed by atoms with van der Waals surface area (Å²) in [5.41, 5.74) is 0.381. The quantitative estimate of drug-likeness (QED) is 0.513. The first-order valence-electron chi connectivity index (χ1n) is 8.38. The van der Waals surface area contributed by atoms with Crippen LogP contribution in [0.15, 0.2) is 53.5 Å². The maximum absolute atomic E-state index is 13.1. The second-order valence-electron chi connectivity index (χ2n) is 5.75. The Hall–Kier alpha value is -3.16. The van der Waals surface area contributed by atoms with Crippen molar-refractivity contribution >= 4 is 17.6 Å². The van der Waals surface area contributed by atoms with Crippen molar-refractivity contribution in [3.8, 4) is 5.75 Å². The van der Waals surface area contributed by atoms with Crippen LogP contribution in [0.2, 0.25) is 0 Å². The summed E-state index contributed by atoms with van der Waals surface area (Å²) >= 11 is 0. The summed E-state index contributed by atoms with van der Waals surface area (Å²) in [7, 11) is 1.57. The molecule has 2 aromatic rings. The number of carbonyl (C=O) groups excluding carboxylic acids is 1. The van der Waals surface area contributed by atoms with Gasteiger partial charge in [-0.2, -0.15) is 0 Å². The number of guanidine groups is 1. The Morgan fingerprint density at radius 1 is 1.11 bits per heavy atom. The number of nitrogens with zero attached hydrogens (tertiary/aromatic N) is 1. The molecular weight excluding hydrogens is 354 g/mol. The van der Waals surface area contributed by atoms with Gasteiger partial charge in [-0.3, -0.25) is 9.79 Å². The molecule has 27 heavy (non-hydrogen) atoms. The monoisotopic (exact) mass is 376 g/mol. The van der Waals surface area contributed by atoms with Crippen LogP contribution in [0, 0.1) is 11.6 Å². The summed E-state index contributed by atoms with van der Waals surface area (Å²) in [6, 6.07) is 11.4. The number of carbonyl (C=O) groups is 1. The first-order valence-corrected chi connectivity index (χ1v) is 8.38. The molecule has 0 fully saturated rings. The third-order valence-electron chi connectivity index (χ3n) is 3.46. The van der Waals surface area contributed by atoms with E-state index in [1.807, 2.05) is 6.92 Å². The zero-order valence-electron chi connectivity index (χ0n) is 15.1. The molecule has 2 rings (SSSR count). The average molecular weight is 376 g/mol. The summed E-state index contributed by atoms with van der Waals surface area (Å²) in [6.45, 7) is 2.23. The van der Waals surface area contributed by atoms with Crippen LogP contribution in [0.4, 0.5) is 14.5 Å². The molecule has 0 spiro atoms. The average Bonchev–Trinajstić information content (AvgIpc) is 2.64. The van der Waals surface area contributed by atoms with E-state index in [0.717, 1.165) is 0 Å². The Labute approximate surface area is 156 Å². The summed E-state index contributed by atoms with van der Waals surface area (Å²) in [5, 5.41) is 8.47. The highest BCUT2D eigenvalue weighted by molar-refractivity contribution is 5.94. The number of halogens is 2. The van der Waals surface area contributed by atoms with E-state index in [2.05, 4.69) is 20.9 Å². The minimum atomic E-state index is -0.423. The summed E-state index contributed by atoms with van der Waals surface area (Å²) in [4.78, 5) is 15.9. The van der Waals surface area contributed by atoms with Crippen molar-refractivity contribution in [3.05, 3.63) is 60.2 Å². The van der Waals surface area contributed by atoms with E-state index in [1.54, 1.807) is 25.2 Å². The van der Waals surface area contributed by atoms with Gasteiger partial charge in [0.2, 0.25) is 5.91 Å². The summed E-state index contributed by atoms with van der Waals surface area (Å²) < 4.78 is 31.7. The van der Waals surface area contributed by atoms with Gasteiger partial charge in [0.1, 0.15) is 23.5 Å². The highest BCUT2D eigenvalue weighted by Gasteiger charge is 2.08. The molecule has 0 saturated heterocycles. The van der Waals surface area contributed by atoms with Gasteiger partial charge in [0.25, 0.3) is 0 Å². The fourth-order valence-corrected chi connectivity index (χ4v) is 2.18.